The monoisotopic (exact) mass is 630 g/mol. The molecular formula is C44H26N2OS. The molecule has 4 aromatic heterocycles. The van der Waals surface area contributed by atoms with E-state index in [0.29, 0.717) is 0 Å². The first-order valence-electron chi connectivity index (χ1n) is 16.3. The molecule has 0 fully saturated rings. The summed E-state index contributed by atoms with van der Waals surface area (Å²) in [7, 11) is 0. The van der Waals surface area contributed by atoms with E-state index in [9.17, 15) is 0 Å². The van der Waals surface area contributed by atoms with Crippen LogP contribution < -0.4 is 0 Å². The van der Waals surface area contributed by atoms with Crippen LogP contribution in [0, 0.1) is 0 Å². The van der Waals surface area contributed by atoms with Crippen LogP contribution in [0.4, 0.5) is 0 Å². The molecule has 11 aromatic rings. The third-order valence-electron chi connectivity index (χ3n) is 9.95. The van der Waals surface area contributed by atoms with Crippen LogP contribution in [0.25, 0.3) is 97.5 Å². The summed E-state index contributed by atoms with van der Waals surface area (Å²) in [6.07, 6.45) is 0. The number of hydrogen-bond donors (Lipinski definition) is 0. The van der Waals surface area contributed by atoms with E-state index >= 15 is 0 Å². The minimum atomic E-state index is 0.945. The summed E-state index contributed by atoms with van der Waals surface area (Å²) in [6.45, 7) is 0. The van der Waals surface area contributed by atoms with Crippen molar-refractivity contribution >= 4 is 86.3 Å². The third-order valence-corrected chi connectivity index (χ3v) is 11.0. The first kappa shape index (κ1) is 26.0. The summed E-state index contributed by atoms with van der Waals surface area (Å²) in [6, 6.07) is 57.2. The smallest absolute Gasteiger partial charge is 0.190 e. The van der Waals surface area contributed by atoms with Gasteiger partial charge in [0, 0.05) is 53.8 Å². The molecule has 4 heterocycles. The van der Waals surface area contributed by atoms with E-state index in [0.717, 1.165) is 16.2 Å². The number of aromatic nitrogens is 2. The highest BCUT2D eigenvalue weighted by molar-refractivity contribution is 7.25. The molecule has 0 aliphatic rings. The van der Waals surface area contributed by atoms with E-state index in [1.165, 1.54) is 81.3 Å². The number of para-hydroxylation sites is 4. The van der Waals surface area contributed by atoms with Crippen LogP contribution in [-0.4, -0.2) is 9.13 Å². The number of fused-ring (bicyclic) bond motifs is 11. The van der Waals surface area contributed by atoms with Gasteiger partial charge in [0.1, 0.15) is 5.58 Å². The Labute approximate surface area is 279 Å². The van der Waals surface area contributed by atoms with Crippen molar-refractivity contribution in [2.75, 3.05) is 0 Å². The highest BCUT2D eigenvalue weighted by Gasteiger charge is 2.18. The van der Waals surface area contributed by atoms with Crippen LogP contribution in [-0.2, 0) is 0 Å². The Kier molecular flexibility index (Phi) is 5.26. The number of thiophene rings is 1. The van der Waals surface area contributed by atoms with Crippen LogP contribution in [0.5, 0.6) is 0 Å². The number of nitrogens with zero attached hydrogens (tertiary/aromatic N) is 2. The van der Waals surface area contributed by atoms with Crippen LogP contribution in [0.3, 0.4) is 0 Å². The standard InChI is InChI=1S/C44H26N2OS/c1-5-16-37-31(12-1)32-13-2-6-17-38(32)46(37)30-21-22-40-35(26-30)33-14-3-7-18-39(33)45(40)29-11-9-10-27(24-29)28-20-23-42-36(25-28)43-34-15-4-8-19-41(34)47-44(43)48-42/h1-26H. The predicted octanol–water partition coefficient (Wildman–Crippen LogP) is 12.7. The van der Waals surface area contributed by atoms with Gasteiger partial charge in [-0.2, -0.15) is 0 Å². The Morgan fingerprint density at radius 1 is 0.396 bits per heavy atom. The van der Waals surface area contributed by atoms with Crippen LogP contribution in [0.2, 0.25) is 0 Å². The minimum Gasteiger partial charge on any atom is -0.445 e. The summed E-state index contributed by atoms with van der Waals surface area (Å²) in [5.41, 5.74) is 10.5. The number of benzene rings is 7. The molecule has 0 aliphatic heterocycles. The molecule has 0 saturated carbocycles. The van der Waals surface area contributed by atoms with E-state index in [4.69, 9.17) is 4.42 Å². The third kappa shape index (κ3) is 3.58. The lowest BCUT2D eigenvalue weighted by Crippen LogP contribution is -1.96. The van der Waals surface area contributed by atoms with E-state index < -0.39 is 0 Å². The number of furan rings is 1. The molecule has 0 saturated heterocycles. The van der Waals surface area contributed by atoms with Gasteiger partial charge in [0.15, 0.2) is 4.90 Å². The van der Waals surface area contributed by atoms with Gasteiger partial charge in [-0.05, 0) is 77.9 Å². The lowest BCUT2D eigenvalue weighted by Gasteiger charge is -2.12. The molecule has 0 aliphatic carbocycles. The maximum absolute atomic E-state index is 6.22. The SMILES string of the molecule is c1cc(-c2ccc3sc4oc5ccccc5c4c3c2)cc(-n2c3ccccc3c3cc(-n4c5ccccc5c5ccccc54)ccc32)c1. The lowest BCUT2D eigenvalue weighted by molar-refractivity contribution is 0.678. The predicted molar refractivity (Wildman–Crippen MR) is 203 cm³/mol. The molecule has 0 bridgehead atoms. The van der Waals surface area contributed by atoms with Gasteiger partial charge in [-0.25, -0.2) is 0 Å². The Morgan fingerprint density at radius 2 is 0.979 bits per heavy atom. The van der Waals surface area contributed by atoms with Gasteiger partial charge in [-0.3, -0.25) is 0 Å². The first-order valence-corrected chi connectivity index (χ1v) is 17.1. The maximum Gasteiger partial charge on any atom is 0.190 e. The summed E-state index contributed by atoms with van der Waals surface area (Å²) >= 11 is 1.72. The van der Waals surface area contributed by atoms with Crippen LogP contribution in [0.1, 0.15) is 0 Å². The molecule has 0 atom stereocenters. The van der Waals surface area contributed by atoms with E-state index in [-0.39, 0.29) is 0 Å². The quantitative estimate of drug-likeness (QED) is 0.190. The normalized spacial score (nSPS) is 12.2. The van der Waals surface area contributed by atoms with E-state index in [2.05, 4.69) is 161 Å². The van der Waals surface area contributed by atoms with Gasteiger partial charge in [0.25, 0.3) is 0 Å². The van der Waals surface area contributed by atoms with Crippen molar-refractivity contribution < 1.29 is 4.42 Å². The highest BCUT2D eigenvalue weighted by Crippen LogP contribution is 2.43. The Hall–Kier alpha value is -6.10. The molecule has 48 heavy (non-hydrogen) atoms. The van der Waals surface area contributed by atoms with Gasteiger partial charge >= 0.3 is 0 Å². The van der Waals surface area contributed by atoms with Crippen molar-refractivity contribution in [3.05, 3.63) is 158 Å². The molecular weight excluding hydrogens is 605 g/mol. The van der Waals surface area contributed by atoms with Crippen molar-refractivity contribution in [2.24, 2.45) is 0 Å². The van der Waals surface area contributed by atoms with Gasteiger partial charge < -0.3 is 13.6 Å². The summed E-state index contributed by atoms with van der Waals surface area (Å²) in [5.74, 6) is 0. The molecule has 0 spiro atoms. The summed E-state index contributed by atoms with van der Waals surface area (Å²) in [4.78, 5) is 0.989. The fourth-order valence-electron chi connectivity index (χ4n) is 7.85. The van der Waals surface area contributed by atoms with Gasteiger partial charge in [0.2, 0.25) is 0 Å². The molecule has 3 nitrogen and oxygen atoms in total. The Bertz CT molecular complexity index is 3020. The Balaban J connectivity index is 1.10. The average Bonchev–Trinajstić information content (AvgIpc) is 3.87. The number of hydrogen-bond acceptors (Lipinski definition) is 2. The maximum atomic E-state index is 6.22. The molecule has 224 valence electrons. The second-order valence-electron chi connectivity index (χ2n) is 12.5. The molecule has 4 heteroatoms. The van der Waals surface area contributed by atoms with Gasteiger partial charge in [-0.1, -0.05) is 102 Å². The van der Waals surface area contributed by atoms with Gasteiger partial charge in [0.05, 0.1) is 22.1 Å². The molecule has 0 unspecified atom stereocenters. The van der Waals surface area contributed by atoms with Crippen LogP contribution in [0.15, 0.2) is 162 Å². The zero-order valence-corrected chi connectivity index (χ0v) is 26.5. The second kappa shape index (κ2) is 9.71. The average molecular weight is 631 g/mol. The van der Waals surface area contributed by atoms with Crippen molar-refractivity contribution in [2.45, 2.75) is 0 Å². The topological polar surface area (TPSA) is 23.0 Å². The molecule has 0 radical (unpaired) electrons. The van der Waals surface area contributed by atoms with Crippen molar-refractivity contribution in [3.8, 4) is 22.5 Å². The first-order chi connectivity index (χ1) is 23.8. The lowest BCUT2D eigenvalue weighted by atomic mass is 10.0. The molecule has 7 aromatic carbocycles. The summed E-state index contributed by atoms with van der Waals surface area (Å²) in [5, 5.41) is 8.67. The van der Waals surface area contributed by atoms with Crippen molar-refractivity contribution in [1.82, 2.24) is 9.13 Å². The fourth-order valence-corrected chi connectivity index (χ4v) is 8.91. The molecule has 0 N–H and O–H groups in total. The minimum absolute atomic E-state index is 0.945. The molecule has 11 rings (SSSR count). The van der Waals surface area contributed by atoms with Gasteiger partial charge in [-0.15, -0.1) is 0 Å². The Morgan fingerprint density at radius 3 is 1.71 bits per heavy atom. The number of rotatable bonds is 3. The zero-order chi connectivity index (χ0) is 31.3. The zero-order valence-electron chi connectivity index (χ0n) is 25.7. The second-order valence-corrected chi connectivity index (χ2v) is 13.6. The summed E-state index contributed by atoms with van der Waals surface area (Å²) < 4.78 is 12.3. The van der Waals surface area contributed by atoms with E-state index in [1.807, 2.05) is 6.07 Å². The largest absolute Gasteiger partial charge is 0.445 e. The highest BCUT2D eigenvalue weighted by atomic mass is 32.1. The van der Waals surface area contributed by atoms with E-state index in [1.54, 1.807) is 11.3 Å². The van der Waals surface area contributed by atoms with Crippen molar-refractivity contribution in [1.29, 1.82) is 0 Å². The molecule has 0 amide bonds. The van der Waals surface area contributed by atoms with Crippen LogP contribution >= 0.6 is 11.3 Å². The van der Waals surface area contributed by atoms with Crippen molar-refractivity contribution in [3.63, 3.8) is 0 Å². The fraction of sp³-hybridized carbons (Fsp3) is 0.